The van der Waals surface area contributed by atoms with E-state index < -0.39 is 0 Å². The van der Waals surface area contributed by atoms with Crippen molar-refractivity contribution in [2.24, 2.45) is 0 Å². The highest BCUT2D eigenvalue weighted by atomic mass is 32.1. The standard InChI is InChI=1S/C26H26N4O2S/c31-26(27-18-23(24-12-7-17-33-24)29-13-15-32-16-14-29)22-19-30(21-10-5-2-6-11-21)28-25(22)20-8-3-1-4-9-20/h1-12,17,19,23H,13-16,18H2,(H,27,31). The second kappa shape index (κ2) is 10.1. The van der Waals surface area contributed by atoms with E-state index in [1.165, 1.54) is 4.88 Å². The van der Waals surface area contributed by atoms with Crippen molar-refractivity contribution in [3.8, 4) is 16.9 Å². The van der Waals surface area contributed by atoms with Crippen LogP contribution < -0.4 is 5.32 Å². The second-order valence-electron chi connectivity index (χ2n) is 7.93. The zero-order valence-corrected chi connectivity index (χ0v) is 19.1. The van der Waals surface area contributed by atoms with E-state index in [9.17, 15) is 4.79 Å². The van der Waals surface area contributed by atoms with Gasteiger partial charge in [-0.1, -0.05) is 54.6 Å². The summed E-state index contributed by atoms with van der Waals surface area (Å²) < 4.78 is 7.31. The topological polar surface area (TPSA) is 59.4 Å². The van der Waals surface area contributed by atoms with Gasteiger partial charge in [-0.2, -0.15) is 5.10 Å². The molecule has 1 unspecified atom stereocenters. The molecule has 0 aliphatic carbocycles. The van der Waals surface area contributed by atoms with Crippen molar-refractivity contribution in [1.29, 1.82) is 0 Å². The van der Waals surface area contributed by atoms with E-state index >= 15 is 0 Å². The lowest BCUT2D eigenvalue weighted by Gasteiger charge is -2.34. The Morgan fingerprint density at radius 2 is 1.73 bits per heavy atom. The average Bonchev–Trinajstić information content (AvgIpc) is 3.57. The number of thiophene rings is 1. The van der Waals surface area contributed by atoms with Crippen LogP contribution in [-0.2, 0) is 4.74 Å². The number of para-hydroxylation sites is 1. The molecule has 1 fully saturated rings. The van der Waals surface area contributed by atoms with Crippen LogP contribution in [0.2, 0.25) is 0 Å². The summed E-state index contributed by atoms with van der Waals surface area (Å²) in [6.07, 6.45) is 1.82. The minimum absolute atomic E-state index is 0.120. The van der Waals surface area contributed by atoms with Gasteiger partial charge in [0.25, 0.3) is 5.91 Å². The number of nitrogens with zero attached hydrogens (tertiary/aromatic N) is 3. The van der Waals surface area contributed by atoms with Crippen molar-refractivity contribution in [2.45, 2.75) is 6.04 Å². The van der Waals surface area contributed by atoms with Gasteiger partial charge < -0.3 is 10.1 Å². The smallest absolute Gasteiger partial charge is 0.255 e. The van der Waals surface area contributed by atoms with Gasteiger partial charge in [-0.05, 0) is 23.6 Å². The van der Waals surface area contributed by atoms with E-state index in [-0.39, 0.29) is 11.9 Å². The molecule has 0 bridgehead atoms. The highest BCUT2D eigenvalue weighted by Gasteiger charge is 2.25. The molecule has 4 aromatic rings. The summed E-state index contributed by atoms with van der Waals surface area (Å²) in [5.41, 5.74) is 3.08. The van der Waals surface area contributed by atoms with Crippen LogP contribution in [0, 0.1) is 0 Å². The highest BCUT2D eigenvalue weighted by molar-refractivity contribution is 7.10. The quantitative estimate of drug-likeness (QED) is 0.446. The number of carbonyl (C=O) groups is 1. The molecule has 3 heterocycles. The lowest BCUT2D eigenvalue weighted by Crippen LogP contribution is -2.43. The number of rotatable bonds is 7. The SMILES string of the molecule is O=C(NCC(c1cccs1)N1CCOCC1)c1cn(-c2ccccc2)nc1-c1ccccc1. The zero-order chi connectivity index (χ0) is 22.5. The molecule has 5 rings (SSSR count). The molecule has 1 aliphatic rings. The monoisotopic (exact) mass is 458 g/mol. The van der Waals surface area contributed by atoms with Crippen LogP contribution in [0.15, 0.2) is 84.4 Å². The van der Waals surface area contributed by atoms with Gasteiger partial charge in [0.05, 0.1) is 30.5 Å². The summed E-state index contributed by atoms with van der Waals surface area (Å²) in [7, 11) is 0. The third-order valence-corrected chi connectivity index (χ3v) is 6.81. The van der Waals surface area contributed by atoms with Crippen molar-refractivity contribution in [2.75, 3.05) is 32.8 Å². The summed E-state index contributed by atoms with van der Waals surface area (Å²) in [6, 6.07) is 24.0. The zero-order valence-electron chi connectivity index (χ0n) is 18.3. The minimum atomic E-state index is -0.120. The Bertz CT molecular complexity index is 1170. The van der Waals surface area contributed by atoms with Crippen LogP contribution in [0.25, 0.3) is 16.9 Å². The molecule has 0 saturated carbocycles. The number of hydrogen-bond acceptors (Lipinski definition) is 5. The molecular formula is C26H26N4O2S. The molecule has 1 N–H and O–H groups in total. The molecule has 33 heavy (non-hydrogen) atoms. The number of amides is 1. The van der Waals surface area contributed by atoms with Crippen LogP contribution >= 0.6 is 11.3 Å². The number of morpholine rings is 1. The molecule has 1 aliphatic heterocycles. The summed E-state index contributed by atoms with van der Waals surface area (Å²) in [4.78, 5) is 17.1. The van der Waals surface area contributed by atoms with E-state index in [4.69, 9.17) is 9.84 Å². The van der Waals surface area contributed by atoms with Crippen molar-refractivity contribution in [3.05, 3.63) is 94.8 Å². The van der Waals surface area contributed by atoms with Gasteiger partial charge in [0.15, 0.2) is 0 Å². The highest BCUT2D eigenvalue weighted by Crippen LogP contribution is 2.27. The Kier molecular flexibility index (Phi) is 6.62. The third-order valence-electron chi connectivity index (χ3n) is 5.84. The summed E-state index contributed by atoms with van der Waals surface area (Å²) in [5, 5.41) is 10.0. The van der Waals surface area contributed by atoms with Crippen molar-refractivity contribution >= 4 is 17.2 Å². The lowest BCUT2D eigenvalue weighted by atomic mass is 10.1. The molecule has 1 amide bonds. The maximum absolute atomic E-state index is 13.4. The molecule has 2 aromatic carbocycles. The van der Waals surface area contributed by atoms with Crippen LogP contribution in [-0.4, -0.2) is 53.4 Å². The summed E-state index contributed by atoms with van der Waals surface area (Å²) in [5.74, 6) is -0.120. The second-order valence-corrected chi connectivity index (χ2v) is 8.91. The van der Waals surface area contributed by atoms with Crippen LogP contribution in [0.1, 0.15) is 21.3 Å². The molecule has 168 valence electrons. The van der Waals surface area contributed by atoms with Gasteiger partial charge in [-0.15, -0.1) is 11.3 Å². The number of nitrogens with one attached hydrogen (secondary N) is 1. The van der Waals surface area contributed by atoms with E-state index in [0.29, 0.717) is 17.8 Å². The van der Waals surface area contributed by atoms with Gasteiger partial charge in [-0.3, -0.25) is 9.69 Å². The normalized spacial score (nSPS) is 15.3. The molecule has 2 aromatic heterocycles. The molecule has 0 spiro atoms. The maximum atomic E-state index is 13.4. The Morgan fingerprint density at radius 1 is 1.00 bits per heavy atom. The van der Waals surface area contributed by atoms with Gasteiger partial charge >= 0.3 is 0 Å². The lowest BCUT2D eigenvalue weighted by molar-refractivity contribution is 0.0169. The Balaban J connectivity index is 1.42. The van der Waals surface area contributed by atoms with Crippen LogP contribution in [0.5, 0.6) is 0 Å². The van der Waals surface area contributed by atoms with E-state index in [2.05, 4.69) is 27.7 Å². The van der Waals surface area contributed by atoms with Crippen LogP contribution in [0.4, 0.5) is 0 Å². The van der Waals surface area contributed by atoms with Gasteiger partial charge in [0.2, 0.25) is 0 Å². The molecule has 1 saturated heterocycles. The molecule has 1 atom stereocenters. The predicted molar refractivity (Wildman–Crippen MR) is 131 cm³/mol. The fraction of sp³-hybridized carbons (Fsp3) is 0.231. The van der Waals surface area contributed by atoms with E-state index in [1.54, 1.807) is 16.0 Å². The Morgan fingerprint density at radius 3 is 2.42 bits per heavy atom. The molecular weight excluding hydrogens is 432 g/mol. The molecule has 0 radical (unpaired) electrons. The molecule has 7 heteroatoms. The Hall–Kier alpha value is -3.26. The fourth-order valence-electron chi connectivity index (χ4n) is 4.13. The summed E-state index contributed by atoms with van der Waals surface area (Å²) >= 11 is 1.72. The number of ether oxygens (including phenoxy) is 1. The van der Waals surface area contributed by atoms with Gasteiger partial charge in [-0.25, -0.2) is 4.68 Å². The van der Waals surface area contributed by atoms with E-state index in [1.807, 2.05) is 66.9 Å². The van der Waals surface area contributed by atoms with Crippen molar-refractivity contribution in [3.63, 3.8) is 0 Å². The first kappa shape index (κ1) is 21.6. The first-order chi connectivity index (χ1) is 16.3. The van der Waals surface area contributed by atoms with Crippen molar-refractivity contribution < 1.29 is 9.53 Å². The fourth-order valence-corrected chi connectivity index (χ4v) is 4.99. The number of carbonyl (C=O) groups excluding carboxylic acids is 1. The van der Waals surface area contributed by atoms with E-state index in [0.717, 1.165) is 37.6 Å². The number of aromatic nitrogens is 2. The average molecular weight is 459 g/mol. The van der Waals surface area contributed by atoms with Crippen molar-refractivity contribution in [1.82, 2.24) is 20.0 Å². The maximum Gasteiger partial charge on any atom is 0.255 e. The predicted octanol–water partition coefficient (Wildman–Crippen LogP) is 4.40. The van der Waals surface area contributed by atoms with Gasteiger partial charge in [0, 0.05) is 36.3 Å². The van der Waals surface area contributed by atoms with Crippen LogP contribution in [0.3, 0.4) is 0 Å². The number of hydrogen-bond donors (Lipinski definition) is 1. The third kappa shape index (κ3) is 4.90. The molecule has 6 nitrogen and oxygen atoms in total. The first-order valence-electron chi connectivity index (χ1n) is 11.1. The van der Waals surface area contributed by atoms with Gasteiger partial charge in [0.1, 0.15) is 5.69 Å². The Labute approximate surface area is 197 Å². The summed E-state index contributed by atoms with van der Waals surface area (Å²) in [6.45, 7) is 3.69. The largest absolute Gasteiger partial charge is 0.379 e. The number of benzene rings is 2. The minimum Gasteiger partial charge on any atom is -0.379 e. The first-order valence-corrected chi connectivity index (χ1v) is 12.0.